The minimum atomic E-state index is -0.282. The third-order valence-corrected chi connectivity index (χ3v) is 4.86. The first-order valence-corrected chi connectivity index (χ1v) is 10.0. The molecule has 0 saturated heterocycles. The van der Waals surface area contributed by atoms with Gasteiger partial charge in [0.2, 0.25) is 0 Å². The fourth-order valence-electron chi connectivity index (χ4n) is 3.30. The van der Waals surface area contributed by atoms with E-state index in [0.29, 0.717) is 35.1 Å². The molecule has 0 radical (unpaired) electrons. The Labute approximate surface area is 175 Å². The van der Waals surface area contributed by atoms with Crippen molar-refractivity contribution in [2.24, 2.45) is 0 Å². The predicted molar refractivity (Wildman–Crippen MR) is 118 cm³/mol. The smallest absolute Gasteiger partial charge is 0.163 e. The Bertz CT molecular complexity index is 1160. The van der Waals surface area contributed by atoms with Gasteiger partial charge in [-0.05, 0) is 42.3 Å². The van der Waals surface area contributed by atoms with Gasteiger partial charge in [0.15, 0.2) is 5.82 Å². The zero-order valence-electron chi connectivity index (χ0n) is 17.0. The number of ether oxygens (including phenoxy) is 1. The molecule has 0 unspecified atom stereocenters. The van der Waals surface area contributed by atoms with Gasteiger partial charge >= 0.3 is 0 Å². The fourth-order valence-corrected chi connectivity index (χ4v) is 3.30. The summed E-state index contributed by atoms with van der Waals surface area (Å²) in [5, 5.41) is 3.92. The van der Waals surface area contributed by atoms with E-state index in [1.165, 1.54) is 6.07 Å². The van der Waals surface area contributed by atoms with Crippen molar-refractivity contribution < 1.29 is 9.13 Å². The lowest BCUT2D eigenvalue weighted by Gasteiger charge is -2.15. The third kappa shape index (κ3) is 3.94. The summed E-state index contributed by atoms with van der Waals surface area (Å²) in [7, 11) is 1.81. The molecule has 0 saturated carbocycles. The van der Waals surface area contributed by atoms with Crippen LogP contribution in [0.4, 0.5) is 10.2 Å². The van der Waals surface area contributed by atoms with Crippen molar-refractivity contribution in [1.82, 2.24) is 15.0 Å². The van der Waals surface area contributed by atoms with Crippen LogP contribution in [0.15, 0.2) is 60.9 Å². The Morgan fingerprint density at radius 2 is 1.90 bits per heavy atom. The standard InChI is InChI=1S/C24H23FN4O/c1-3-4-12-30-21-14-17(18-9-5-6-10-20(18)25)13-19-22(21)28-23(29-24(19)26-2)16-8-7-11-27-15-16/h5-11,13-15H,3-4,12H2,1-2H3,(H,26,28,29). The van der Waals surface area contributed by atoms with Gasteiger partial charge in [0, 0.05) is 36.0 Å². The van der Waals surface area contributed by atoms with Crippen molar-refractivity contribution in [3.8, 4) is 28.3 Å². The highest BCUT2D eigenvalue weighted by atomic mass is 19.1. The van der Waals surface area contributed by atoms with E-state index in [2.05, 4.69) is 22.2 Å². The molecule has 5 nitrogen and oxygen atoms in total. The Hall–Kier alpha value is -3.54. The number of fused-ring (bicyclic) bond motifs is 1. The molecule has 1 N–H and O–H groups in total. The number of halogens is 1. The lowest BCUT2D eigenvalue weighted by Crippen LogP contribution is -2.03. The second-order valence-corrected chi connectivity index (χ2v) is 6.94. The van der Waals surface area contributed by atoms with Crippen LogP contribution in [-0.4, -0.2) is 28.6 Å². The van der Waals surface area contributed by atoms with Crippen LogP contribution in [0.3, 0.4) is 0 Å². The van der Waals surface area contributed by atoms with Crippen molar-refractivity contribution in [2.45, 2.75) is 19.8 Å². The van der Waals surface area contributed by atoms with Crippen LogP contribution >= 0.6 is 0 Å². The van der Waals surface area contributed by atoms with Crippen LogP contribution in [0, 0.1) is 5.82 Å². The van der Waals surface area contributed by atoms with Crippen LogP contribution < -0.4 is 10.1 Å². The molecule has 4 rings (SSSR count). The monoisotopic (exact) mass is 402 g/mol. The highest BCUT2D eigenvalue weighted by Crippen LogP contribution is 2.36. The van der Waals surface area contributed by atoms with Crippen molar-refractivity contribution >= 4 is 16.7 Å². The van der Waals surface area contributed by atoms with Gasteiger partial charge in [-0.15, -0.1) is 0 Å². The first kappa shape index (κ1) is 19.8. The van der Waals surface area contributed by atoms with Crippen molar-refractivity contribution in [3.63, 3.8) is 0 Å². The van der Waals surface area contributed by atoms with Crippen LogP contribution in [-0.2, 0) is 0 Å². The van der Waals surface area contributed by atoms with Gasteiger partial charge in [-0.3, -0.25) is 4.98 Å². The van der Waals surface area contributed by atoms with E-state index in [1.54, 1.807) is 24.5 Å². The molecule has 0 aliphatic carbocycles. The minimum absolute atomic E-state index is 0.282. The lowest BCUT2D eigenvalue weighted by atomic mass is 10.0. The SMILES string of the molecule is CCCCOc1cc(-c2ccccc2F)cc2c(NC)nc(-c3cccnc3)nc12. The molecule has 0 spiro atoms. The van der Waals surface area contributed by atoms with Gasteiger partial charge in [-0.25, -0.2) is 14.4 Å². The maximum absolute atomic E-state index is 14.5. The lowest BCUT2D eigenvalue weighted by molar-refractivity contribution is 0.312. The molecular weight excluding hydrogens is 379 g/mol. The zero-order chi connectivity index (χ0) is 20.9. The molecule has 6 heteroatoms. The summed E-state index contributed by atoms with van der Waals surface area (Å²) in [5.41, 5.74) is 2.73. The molecule has 4 aromatic rings. The Kier molecular flexibility index (Phi) is 5.84. The van der Waals surface area contributed by atoms with Crippen LogP contribution in [0.25, 0.3) is 33.4 Å². The highest BCUT2D eigenvalue weighted by molar-refractivity contribution is 5.97. The normalized spacial score (nSPS) is 10.9. The second-order valence-electron chi connectivity index (χ2n) is 6.94. The van der Waals surface area contributed by atoms with E-state index in [1.807, 2.05) is 37.4 Å². The molecule has 2 heterocycles. The average molecular weight is 402 g/mol. The predicted octanol–water partition coefficient (Wildman–Crippen LogP) is 5.72. The summed E-state index contributed by atoms with van der Waals surface area (Å²) >= 11 is 0. The van der Waals surface area contributed by atoms with Crippen molar-refractivity contribution in [3.05, 3.63) is 66.7 Å². The van der Waals surface area contributed by atoms with Crippen LogP contribution in [0.5, 0.6) is 5.75 Å². The van der Waals surface area contributed by atoms with Crippen molar-refractivity contribution in [1.29, 1.82) is 0 Å². The van der Waals surface area contributed by atoms with E-state index in [0.717, 1.165) is 29.4 Å². The minimum Gasteiger partial charge on any atom is -0.491 e. The number of aromatic nitrogens is 3. The van der Waals surface area contributed by atoms with Gasteiger partial charge in [0.05, 0.1) is 6.61 Å². The largest absolute Gasteiger partial charge is 0.491 e. The van der Waals surface area contributed by atoms with Gasteiger partial charge in [0.1, 0.15) is 22.9 Å². The topological polar surface area (TPSA) is 59.9 Å². The number of nitrogens with one attached hydrogen (secondary N) is 1. The number of benzene rings is 2. The zero-order valence-corrected chi connectivity index (χ0v) is 17.0. The molecule has 0 atom stereocenters. The molecular formula is C24H23FN4O. The molecule has 0 fully saturated rings. The van der Waals surface area contributed by atoms with Gasteiger partial charge < -0.3 is 10.1 Å². The van der Waals surface area contributed by atoms with Gasteiger partial charge in [0.25, 0.3) is 0 Å². The Morgan fingerprint density at radius 1 is 1.03 bits per heavy atom. The average Bonchev–Trinajstić information content (AvgIpc) is 2.79. The summed E-state index contributed by atoms with van der Waals surface area (Å²) in [6.45, 7) is 2.67. The van der Waals surface area contributed by atoms with E-state index in [9.17, 15) is 4.39 Å². The van der Waals surface area contributed by atoms with E-state index in [-0.39, 0.29) is 5.82 Å². The summed E-state index contributed by atoms with van der Waals surface area (Å²) in [6.07, 6.45) is 5.38. The number of pyridine rings is 1. The quantitative estimate of drug-likeness (QED) is 0.401. The number of unbranched alkanes of at least 4 members (excludes halogenated alkanes) is 1. The Balaban J connectivity index is 1.94. The molecule has 2 aromatic carbocycles. The maximum Gasteiger partial charge on any atom is 0.163 e. The molecule has 2 aromatic heterocycles. The number of hydrogen-bond acceptors (Lipinski definition) is 5. The molecule has 30 heavy (non-hydrogen) atoms. The first-order chi connectivity index (χ1) is 14.7. The van der Waals surface area contributed by atoms with Gasteiger partial charge in [-0.2, -0.15) is 0 Å². The summed E-state index contributed by atoms with van der Waals surface area (Å²) in [4.78, 5) is 13.6. The van der Waals surface area contributed by atoms with Gasteiger partial charge in [-0.1, -0.05) is 31.5 Å². The summed E-state index contributed by atoms with van der Waals surface area (Å²) < 4.78 is 20.6. The number of rotatable bonds is 7. The van der Waals surface area contributed by atoms with Crippen molar-refractivity contribution in [2.75, 3.05) is 19.0 Å². The first-order valence-electron chi connectivity index (χ1n) is 10.0. The highest BCUT2D eigenvalue weighted by Gasteiger charge is 2.16. The molecule has 152 valence electrons. The summed E-state index contributed by atoms with van der Waals surface area (Å²) in [6, 6.07) is 14.2. The second kappa shape index (κ2) is 8.86. The van der Waals surface area contributed by atoms with E-state index in [4.69, 9.17) is 9.72 Å². The van der Waals surface area contributed by atoms with Crippen LogP contribution in [0.2, 0.25) is 0 Å². The third-order valence-electron chi connectivity index (χ3n) is 4.86. The number of anilines is 1. The molecule has 0 bridgehead atoms. The number of hydrogen-bond donors (Lipinski definition) is 1. The van der Waals surface area contributed by atoms with E-state index >= 15 is 0 Å². The molecule has 0 amide bonds. The molecule has 0 aliphatic heterocycles. The maximum atomic E-state index is 14.5. The molecule has 0 aliphatic rings. The summed E-state index contributed by atoms with van der Waals surface area (Å²) in [5.74, 6) is 1.54. The number of nitrogens with zero attached hydrogens (tertiary/aromatic N) is 3. The van der Waals surface area contributed by atoms with Crippen LogP contribution in [0.1, 0.15) is 19.8 Å². The van der Waals surface area contributed by atoms with E-state index < -0.39 is 0 Å². The Morgan fingerprint density at radius 3 is 2.63 bits per heavy atom. The fraction of sp³-hybridized carbons (Fsp3) is 0.208.